The van der Waals surface area contributed by atoms with Crippen LogP contribution in [0.1, 0.15) is 200 Å². The van der Waals surface area contributed by atoms with Gasteiger partial charge in [0, 0.05) is 12.8 Å². The van der Waals surface area contributed by atoms with Crippen molar-refractivity contribution in [3.05, 3.63) is 36.5 Å². The van der Waals surface area contributed by atoms with E-state index in [2.05, 4.69) is 50.3 Å². The third-order valence-electron chi connectivity index (χ3n) is 9.91. The molecule has 0 heterocycles. The quantitative estimate of drug-likeness (QED) is 0.0197. The molecule has 0 aromatic heterocycles. The topological polar surface area (TPSA) is 111 Å². The predicted octanol–water partition coefficient (Wildman–Crippen LogP) is 12.7. The Morgan fingerprint density at radius 2 is 0.965 bits per heavy atom. The molecule has 0 aromatic carbocycles. The third-order valence-corrected chi connectivity index (χ3v) is 10.9. The maximum Gasteiger partial charge on any atom is 0.306 e. The van der Waals surface area contributed by atoms with Gasteiger partial charge in [0.1, 0.15) is 19.8 Å². The number of quaternary nitrogens is 1. The lowest BCUT2D eigenvalue weighted by atomic mass is 10.0. The minimum atomic E-state index is -4.64. The summed E-state index contributed by atoms with van der Waals surface area (Å²) < 4.78 is 33.9. The third kappa shape index (κ3) is 43.6. The highest BCUT2D eigenvalue weighted by Crippen LogP contribution is 2.38. The summed E-state index contributed by atoms with van der Waals surface area (Å²) in [6, 6.07) is 0. The molecule has 0 aliphatic heterocycles. The number of ether oxygens (including phenoxy) is 2. The summed E-state index contributed by atoms with van der Waals surface area (Å²) in [5.41, 5.74) is 0. The number of esters is 2. The van der Waals surface area contributed by atoms with Crippen molar-refractivity contribution in [2.45, 2.75) is 206 Å². The number of unbranched alkanes of at least 4 members (excludes halogenated alkanes) is 22. The molecule has 1 unspecified atom stereocenters. The van der Waals surface area contributed by atoms with Crippen LogP contribution in [0.4, 0.5) is 0 Å². The van der Waals surface area contributed by atoms with Crippen molar-refractivity contribution in [1.29, 1.82) is 0 Å². The molecule has 0 radical (unpaired) electrons. The van der Waals surface area contributed by atoms with Crippen molar-refractivity contribution in [1.82, 2.24) is 0 Å². The van der Waals surface area contributed by atoms with E-state index in [1.807, 2.05) is 21.1 Å². The summed E-state index contributed by atoms with van der Waals surface area (Å²) in [5.74, 6) is -0.889. The number of allylic oxidation sites excluding steroid dienone is 6. The molecule has 0 aliphatic rings. The van der Waals surface area contributed by atoms with Crippen molar-refractivity contribution in [2.24, 2.45) is 0 Å². The fraction of sp³-hybridized carbons (Fsp3) is 0.830. The first kappa shape index (κ1) is 55.2. The summed E-state index contributed by atoms with van der Waals surface area (Å²) in [4.78, 5) is 37.5. The summed E-state index contributed by atoms with van der Waals surface area (Å²) in [5, 5.41) is 0. The van der Waals surface area contributed by atoms with Crippen molar-refractivity contribution in [3.8, 4) is 0 Å². The summed E-state index contributed by atoms with van der Waals surface area (Å²) >= 11 is 0. The van der Waals surface area contributed by atoms with Crippen LogP contribution in [0.5, 0.6) is 0 Å². The Balaban J connectivity index is 4.40. The van der Waals surface area contributed by atoms with E-state index >= 15 is 0 Å². The largest absolute Gasteiger partial charge is 0.756 e. The Kier molecular flexibility index (Phi) is 38.4. The predicted molar refractivity (Wildman–Crippen MR) is 236 cm³/mol. The number of hydrogen-bond acceptors (Lipinski definition) is 8. The van der Waals surface area contributed by atoms with Gasteiger partial charge in [-0.05, 0) is 44.9 Å². The highest BCUT2D eigenvalue weighted by atomic mass is 31.2. The van der Waals surface area contributed by atoms with Crippen LogP contribution in [0.3, 0.4) is 0 Å². The summed E-state index contributed by atoms with van der Waals surface area (Å²) in [7, 11) is 1.14. The number of carbonyl (C=O) groups excluding carboxylic acids is 2. The molecule has 0 bridgehead atoms. The van der Waals surface area contributed by atoms with Gasteiger partial charge in [0.2, 0.25) is 0 Å². The Morgan fingerprint density at radius 3 is 1.46 bits per heavy atom. The van der Waals surface area contributed by atoms with Gasteiger partial charge in [-0.1, -0.05) is 179 Å². The molecular formula is C47H88NO8P. The van der Waals surface area contributed by atoms with E-state index in [1.165, 1.54) is 122 Å². The molecule has 10 heteroatoms. The van der Waals surface area contributed by atoms with E-state index in [4.69, 9.17) is 18.5 Å². The van der Waals surface area contributed by atoms with Crippen LogP contribution in [-0.2, 0) is 32.7 Å². The number of carbonyl (C=O) groups is 2. The van der Waals surface area contributed by atoms with Crippen LogP contribution in [-0.4, -0.2) is 70.0 Å². The molecule has 0 fully saturated rings. The van der Waals surface area contributed by atoms with Gasteiger partial charge in [-0.25, -0.2) is 0 Å². The average molecular weight is 826 g/mol. The number of phosphoric acid groups is 1. The van der Waals surface area contributed by atoms with Crippen molar-refractivity contribution in [3.63, 3.8) is 0 Å². The maximum atomic E-state index is 12.7. The first-order chi connectivity index (χ1) is 27.5. The molecule has 334 valence electrons. The SMILES string of the molecule is CCCCCCCC/C=C/C/C=C/C/C=C/CCCC(=O)O[C@H](COC(=O)CCCCCCCCCCCCCCCCCC)COP(=O)([O-])OCC[N+](C)(C)C. The molecule has 0 amide bonds. The highest BCUT2D eigenvalue weighted by molar-refractivity contribution is 7.45. The standard InChI is InChI=1S/C47H88NO8P/c1-6-8-10-12-14-16-18-20-22-24-26-28-30-32-34-36-38-40-47(50)56-45(44-55-57(51,52)54-42-41-48(3,4)5)43-53-46(49)39-37-35-33-31-29-27-25-23-21-19-17-15-13-11-9-7-2/h20,22,26,28,32,34,45H,6-19,21,23-25,27,29-31,33,35-44H2,1-5H3/b22-20+,28-26+,34-32+/t45-/m1/s1. The minimum absolute atomic E-state index is 0.0390. The Bertz CT molecular complexity index is 1070. The Labute approximate surface area is 351 Å². The maximum absolute atomic E-state index is 12.7. The highest BCUT2D eigenvalue weighted by Gasteiger charge is 2.21. The molecule has 0 saturated carbocycles. The second-order valence-corrected chi connectivity index (χ2v) is 18.2. The van der Waals surface area contributed by atoms with Crippen LogP contribution >= 0.6 is 7.82 Å². The van der Waals surface area contributed by atoms with E-state index < -0.39 is 32.5 Å². The number of phosphoric ester groups is 1. The molecule has 0 saturated heterocycles. The van der Waals surface area contributed by atoms with Crippen LogP contribution in [0, 0.1) is 0 Å². The molecule has 0 N–H and O–H groups in total. The van der Waals surface area contributed by atoms with Crippen LogP contribution in [0.15, 0.2) is 36.5 Å². The molecule has 57 heavy (non-hydrogen) atoms. The number of hydrogen-bond donors (Lipinski definition) is 0. The van der Waals surface area contributed by atoms with E-state index in [9.17, 15) is 19.0 Å². The van der Waals surface area contributed by atoms with Crippen LogP contribution < -0.4 is 4.89 Å². The normalized spacial score (nSPS) is 13.9. The van der Waals surface area contributed by atoms with Gasteiger partial charge in [-0.15, -0.1) is 0 Å². The second-order valence-electron chi connectivity index (χ2n) is 16.8. The summed E-state index contributed by atoms with van der Waals surface area (Å²) in [6.45, 7) is 4.18. The van der Waals surface area contributed by atoms with Crippen molar-refractivity contribution >= 4 is 19.8 Å². The van der Waals surface area contributed by atoms with Crippen LogP contribution in [0.25, 0.3) is 0 Å². The lowest BCUT2D eigenvalue weighted by molar-refractivity contribution is -0.870. The molecule has 0 spiro atoms. The van der Waals surface area contributed by atoms with Gasteiger partial charge in [-0.3, -0.25) is 14.2 Å². The number of rotatable bonds is 42. The fourth-order valence-electron chi connectivity index (χ4n) is 6.26. The second kappa shape index (κ2) is 39.7. The zero-order valence-electron chi connectivity index (χ0n) is 37.5. The van der Waals surface area contributed by atoms with Gasteiger partial charge in [-0.2, -0.15) is 0 Å². The molecule has 2 atom stereocenters. The molecule has 0 aromatic rings. The first-order valence-corrected chi connectivity index (χ1v) is 24.7. The average Bonchev–Trinajstić information content (AvgIpc) is 3.16. The smallest absolute Gasteiger partial charge is 0.306 e. The van der Waals surface area contributed by atoms with Crippen LogP contribution in [0.2, 0.25) is 0 Å². The lowest BCUT2D eigenvalue weighted by Crippen LogP contribution is -2.37. The van der Waals surface area contributed by atoms with Gasteiger partial charge >= 0.3 is 11.9 Å². The van der Waals surface area contributed by atoms with Gasteiger partial charge in [0.15, 0.2) is 6.10 Å². The minimum Gasteiger partial charge on any atom is -0.756 e. The Morgan fingerprint density at radius 1 is 0.544 bits per heavy atom. The monoisotopic (exact) mass is 826 g/mol. The van der Waals surface area contributed by atoms with Gasteiger partial charge < -0.3 is 27.9 Å². The first-order valence-electron chi connectivity index (χ1n) is 23.2. The van der Waals surface area contributed by atoms with Crippen molar-refractivity contribution < 1.29 is 42.1 Å². The zero-order chi connectivity index (χ0) is 42.1. The Hall–Kier alpha value is -1.77. The molecule has 0 rings (SSSR count). The van der Waals surface area contributed by atoms with E-state index in [-0.39, 0.29) is 26.1 Å². The van der Waals surface area contributed by atoms with Gasteiger partial charge in [0.25, 0.3) is 7.82 Å². The molecule has 0 aliphatic carbocycles. The molecule has 9 nitrogen and oxygen atoms in total. The lowest BCUT2D eigenvalue weighted by Gasteiger charge is -2.28. The fourth-order valence-corrected chi connectivity index (χ4v) is 6.99. The number of likely N-dealkylation sites (N-methyl/N-ethyl adjacent to an activating group) is 1. The van der Waals surface area contributed by atoms with E-state index in [1.54, 1.807) is 0 Å². The van der Waals surface area contributed by atoms with Crippen molar-refractivity contribution in [2.75, 3.05) is 47.5 Å². The number of nitrogens with zero attached hydrogens (tertiary/aromatic N) is 1. The molecular weight excluding hydrogens is 737 g/mol. The van der Waals surface area contributed by atoms with Gasteiger partial charge in [0.05, 0.1) is 27.7 Å². The van der Waals surface area contributed by atoms with E-state index in [0.29, 0.717) is 23.9 Å². The zero-order valence-corrected chi connectivity index (χ0v) is 38.4. The van der Waals surface area contributed by atoms with E-state index in [0.717, 1.165) is 38.5 Å². The summed E-state index contributed by atoms with van der Waals surface area (Å²) in [6.07, 6.45) is 44.6.